The summed E-state index contributed by atoms with van der Waals surface area (Å²) in [6.45, 7) is 3.83. The maximum Gasteiger partial charge on any atom is 0.133 e. The predicted molar refractivity (Wildman–Crippen MR) is 49.0 cm³/mol. The van der Waals surface area contributed by atoms with Crippen molar-refractivity contribution < 1.29 is 0 Å². The first kappa shape index (κ1) is 9.29. The van der Waals surface area contributed by atoms with Gasteiger partial charge in [0.2, 0.25) is 0 Å². The maximum atomic E-state index is 8.72. The molecule has 0 spiro atoms. The number of rotatable bonds is 0. The summed E-state index contributed by atoms with van der Waals surface area (Å²) in [7, 11) is 0. The summed E-state index contributed by atoms with van der Waals surface area (Å²) in [4.78, 5) is 0. The Morgan fingerprint density at radius 1 is 1.46 bits per heavy atom. The summed E-state index contributed by atoms with van der Waals surface area (Å²) in [5.74, 6) is 0.135. The van der Waals surface area contributed by atoms with Crippen molar-refractivity contribution >= 4 is 0 Å². The van der Waals surface area contributed by atoms with Crippen LogP contribution >= 0.6 is 0 Å². The molecule has 0 N–H and O–H groups in total. The van der Waals surface area contributed by atoms with Gasteiger partial charge in [0.15, 0.2) is 0 Å². The first-order chi connectivity index (χ1) is 6.20. The van der Waals surface area contributed by atoms with Gasteiger partial charge in [0.25, 0.3) is 0 Å². The minimum Gasteiger partial charge on any atom is -0.192 e. The third kappa shape index (κ3) is 1.68. The summed E-state index contributed by atoms with van der Waals surface area (Å²) in [5, 5.41) is 17.4. The summed E-state index contributed by atoms with van der Waals surface area (Å²) >= 11 is 0. The van der Waals surface area contributed by atoms with E-state index in [2.05, 4.69) is 6.08 Å². The molecule has 2 heteroatoms. The standard InChI is InChI=1S/C11H9N2/c1-8-4-3-5-9(2)11(8)10(6-12)7-13/h3-4,8H,1-2H3. The van der Waals surface area contributed by atoms with Crippen LogP contribution in [0.5, 0.6) is 0 Å². The van der Waals surface area contributed by atoms with E-state index in [1.165, 1.54) is 0 Å². The van der Waals surface area contributed by atoms with Crippen molar-refractivity contribution in [1.82, 2.24) is 0 Å². The highest BCUT2D eigenvalue weighted by Crippen LogP contribution is 2.26. The Morgan fingerprint density at radius 2 is 2.08 bits per heavy atom. The van der Waals surface area contributed by atoms with Crippen LogP contribution in [0.1, 0.15) is 13.8 Å². The summed E-state index contributed by atoms with van der Waals surface area (Å²) < 4.78 is 0. The molecule has 0 heterocycles. The topological polar surface area (TPSA) is 47.6 Å². The van der Waals surface area contributed by atoms with E-state index >= 15 is 0 Å². The van der Waals surface area contributed by atoms with E-state index in [1.807, 2.05) is 38.1 Å². The van der Waals surface area contributed by atoms with Crippen LogP contribution in [0.25, 0.3) is 0 Å². The van der Waals surface area contributed by atoms with Crippen molar-refractivity contribution in [3.05, 3.63) is 34.9 Å². The van der Waals surface area contributed by atoms with Gasteiger partial charge in [0.1, 0.15) is 17.7 Å². The molecular formula is C11H9N2. The molecule has 63 valence electrons. The molecule has 1 atom stereocenters. The third-order valence-electron chi connectivity index (χ3n) is 2.04. The molecule has 13 heavy (non-hydrogen) atoms. The fourth-order valence-corrected chi connectivity index (χ4v) is 1.39. The van der Waals surface area contributed by atoms with Crippen molar-refractivity contribution in [2.75, 3.05) is 0 Å². The average molecular weight is 169 g/mol. The zero-order valence-electron chi connectivity index (χ0n) is 7.63. The zero-order chi connectivity index (χ0) is 9.84. The van der Waals surface area contributed by atoms with E-state index in [0.29, 0.717) is 0 Å². The summed E-state index contributed by atoms with van der Waals surface area (Å²) in [6, 6.07) is 3.81. The van der Waals surface area contributed by atoms with Crippen LogP contribution in [0.2, 0.25) is 0 Å². The minimum absolute atomic E-state index is 0.135. The highest BCUT2D eigenvalue weighted by Gasteiger charge is 2.15. The fraction of sp³-hybridized carbons (Fsp3) is 0.273. The molecule has 0 bridgehead atoms. The van der Waals surface area contributed by atoms with Crippen molar-refractivity contribution in [2.24, 2.45) is 5.92 Å². The highest BCUT2D eigenvalue weighted by molar-refractivity contribution is 5.51. The van der Waals surface area contributed by atoms with Crippen LogP contribution in [-0.2, 0) is 0 Å². The van der Waals surface area contributed by atoms with E-state index in [4.69, 9.17) is 10.5 Å². The number of nitrogens with zero attached hydrogens (tertiary/aromatic N) is 2. The van der Waals surface area contributed by atoms with Gasteiger partial charge in [-0.3, -0.25) is 0 Å². The molecule has 1 radical (unpaired) electrons. The molecule has 2 nitrogen and oxygen atoms in total. The van der Waals surface area contributed by atoms with Crippen LogP contribution < -0.4 is 0 Å². The molecule has 0 fully saturated rings. The second-order valence-corrected chi connectivity index (χ2v) is 2.93. The lowest BCUT2D eigenvalue weighted by atomic mass is 9.87. The molecule has 0 aromatic heterocycles. The molecule has 1 unspecified atom stereocenters. The van der Waals surface area contributed by atoms with E-state index < -0.39 is 0 Å². The molecule has 0 saturated heterocycles. The number of nitriles is 2. The smallest absolute Gasteiger partial charge is 0.133 e. The lowest BCUT2D eigenvalue weighted by Crippen LogP contribution is -2.04. The molecule has 0 saturated carbocycles. The normalized spacial score (nSPS) is 20.2. The molecule has 0 aliphatic heterocycles. The first-order valence-corrected chi connectivity index (χ1v) is 4.02. The Morgan fingerprint density at radius 3 is 2.54 bits per heavy atom. The fourth-order valence-electron chi connectivity index (χ4n) is 1.39. The molecular weight excluding hydrogens is 160 g/mol. The van der Waals surface area contributed by atoms with E-state index in [9.17, 15) is 0 Å². The number of hydrogen-bond acceptors (Lipinski definition) is 2. The van der Waals surface area contributed by atoms with Crippen molar-refractivity contribution in [2.45, 2.75) is 13.8 Å². The zero-order valence-corrected chi connectivity index (χ0v) is 7.63. The summed E-state index contributed by atoms with van der Waals surface area (Å²) in [6.07, 6.45) is 6.74. The van der Waals surface area contributed by atoms with Crippen LogP contribution in [0.15, 0.2) is 28.9 Å². The SMILES string of the molecule is CC1=[C]C=CC(C)C1=C(C#N)C#N. The van der Waals surface area contributed by atoms with E-state index in [1.54, 1.807) is 0 Å². The van der Waals surface area contributed by atoms with E-state index in [-0.39, 0.29) is 11.5 Å². The predicted octanol–water partition coefficient (Wildman–Crippen LogP) is 2.29. The van der Waals surface area contributed by atoms with Gasteiger partial charge in [-0.1, -0.05) is 19.1 Å². The highest BCUT2D eigenvalue weighted by atomic mass is 14.3. The Bertz CT molecular complexity index is 367. The maximum absolute atomic E-state index is 8.72. The largest absolute Gasteiger partial charge is 0.192 e. The molecule has 1 aliphatic rings. The Hall–Kier alpha value is -1.80. The quantitative estimate of drug-likeness (QED) is 0.522. The first-order valence-electron chi connectivity index (χ1n) is 4.02. The van der Waals surface area contributed by atoms with Crippen molar-refractivity contribution in [1.29, 1.82) is 10.5 Å². The Labute approximate surface area is 78.1 Å². The number of allylic oxidation sites excluding steroid dienone is 6. The van der Waals surface area contributed by atoms with Crippen LogP contribution in [0, 0.1) is 34.7 Å². The Kier molecular flexibility index (Phi) is 2.67. The molecule has 0 aromatic carbocycles. The lowest BCUT2D eigenvalue weighted by Gasteiger charge is -2.15. The Balaban J connectivity index is 3.27. The van der Waals surface area contributed by atoms with Gasteiger partial charge in [0.05, 0.1) is 0 Å². The monoisotopic (exact) mass is 169 g/mol. The molecule has 0 amide bonds. The van der Waals surface area contributed by atoms with Crippen molar-refractivity contribution in [3.8, 4) is 12.1 Å². The van der Waals surface area contributed by atoms with Gasteiger partial charge in [-0.2, -0.15) is 10.5 Å². The molecule has 1 aliphatic carbocycles. The molecule has 0 aromatic rings. The van der Waals surface area contributed by atoms with Crippen molar-refractivity contribution in [3.63, 3.8) is 0 Å². The van der Waals surface area contributed by atoms with Gasteiger partial charge in [-0.05, 0) is 24.1 Å². The number of hydrogen-bond donors (Lipinski definition) is 0. The lowest BCUT2D eigenvalue weighted by molar-refractivity contribution is 0.853. The van der Waals surface area contributed by atoms with Crippen LogP contribution in [0.3, 0.4) is 0 Å². The van der Waals surface area contributed by atoms with Crippen LogP contribution in [0.4, 0.5) is 0 Å². The summed E-state index contributed by atoms with van der Waals surface area (Å²) in [5.41, 5.74) is 1.88. The van der Waals surface area contributed by atoms with Gasteiger partial charge >= 0.3 is 0 Å². The molecule has 1 rings (SSSR count). The van der Waals surface area contributed by atoms with E-state index in [0.717, 1.165) is 11.1 Å². The van der Waals surface area contributed by atoms with Gasteiger partial charge in [-0.15, -0.1) is 0 Å². The minimum atomic E-state index is 0.135. The second-order valence-electron chi connectivity index (χ2n) is 2.93. The second kappa shape index (κ2) is 3.74. The van der Waals surface area contributed by atoms with Gasteiger partial charge in [0, 0.05) is 5.92 Å². The van der Waals surface area contributed by atoms with Gasteiger partial charge in [-0.25, -0.2) is 0 Å². The third-order valence-corrected chi connectivity index (χ3v) is 2.04. The average Bonchev–Trinajstić information content (AvgIpc) is 2.11. The van der Waals surface area contributed by atoms with Gasteiger partial charge < -0.3 is 0 Å². The van der Waals surface area contributed by atoms with Crippen LogP contribution in [-0.4, -0.2) is 0 Å².